The number of carbonyl (C=O) groups is 1. The third kappa shape index (κ3) is 3.50. The number of carboxylic acid groups (broad SMARTS) is 1. The summed E-state index contributed by atoms with van der Waals surface area (Å²) in [5, 5.41) is 19.2. The summed E-state index contributed by atoms with van der Waals surface area (Å²) in [5.41, 5.74) is 2.60. The van der Waals surface area contributed by atoms with Gasteiger partial charge in [-0.25, -0.2) is 9.89 Å². The van der Waals surface area contributed by atoms with Gasteiger partial charge in [-0.05, 0) is 28.8 Å². The minimum atomic E-state index is -1.18. The molecule has 0 atom stereocenters. The van der Waals surface area contributed by atoms with Crippen molar-refractivity contribution >= 4 is 29.2 Å². The van der Waals surface area contributed by atoms with Crippen LogP contribution in [0.3, 0.4) is 0 Å². The van der Waals surface area contributed by atoms with Crippen LogP contribution < -0.4 is 4.74 Å². The standard InChI is InChI=1S/C16H11Cl2N3O3/c17-12-6-5-11(7-13(12)18)10-3-1-9(2-4-10)8-24-15-14(16(22)23)19-21-20-15/h1-7H,8H2,(H,22,23)(H,19,20,21). The minimum absolute atomic E-state index is 0.0453. The fraction of sp³-hybridized carbons (Fsp3) is 0.0625. The van der Waals surface area contributed by atoms with Crippen molar-refractivity contribution in [2.75, 3.05) is 0 Å². The van der Waals surface area contributed by atoms with Gasteiger partial charge in [0.15, 0.2) is 0 Å². The molecule has 0 unspecified atom stereocenters. The van der Waals surface area contributed by atoms with E-state index in [4.69, 9.17) is 33.0 Å². The van der Waals surface area contributed by atoms with Crippen LogP contribution in [0.25, 0.3) is 11.1 Å². The molecule has 24 heavy (non-hydrogen) atoms. The van der Waals surface area contributed by atoms with E-state index in [2.05, 4.69) is 15.4 Å². The van der Waals surface area contributed by atoms with Gasteiger partial charge in [-0.2, -0.15) is 0 Å². The molecule has 3 aromatic rings. The molecule has 1 aromatic heterocycles. The Morgan fingerprint density at radius 3 is 2.46 bits per heavy atom. The first-order valence-corrected chi connectivity index (χ1v) is 7.61. The number of rotatable bonds is 5. The van der Waals surface area contributed by atoms with Gasteiger partial charge in [-0.1, -0.05) is 63.8 Å². The van der Waals surface area contributed by atoms with E-state index in [-0.39, 0.29) is 18.2 Å². The Hall–Kier alpha value is -2.57. The number of aromatic nitrogens is 3. The number of H-pyrrole nitrogens is 1. The molecule has 0 aliphatic rings. The first-order chi connectivity index (χ1) is 11.5. The number of aromatic carboxylic acids is 1. The molecular weight excluding hydrogens is 353 g/mol. The number of nitrogens with zero attached hydrogens (tertiary/aromatic N) is 2. The second-order valence-corrected chi connectivity index (χ2v) is 5.73. The van der Waals surface area contributed by atoms with Crippen molar-refractivity contribution in [3.8, 4) is 17.0 Å². The van der Waals surface area contributed by atoms with Gasteiger partial charge in [-0.3, -0.25) is 0 Å². The molecule has 0 amide bonds. The highest BCUT2D eigenvalue weighted by atomic mass is 35.5. The molecule has 0 saturated carbocycles. The normalized spacial score (nSPS) is 10.6. The lowest BCUT2D eigenvalue weighted by atomic mass is 10.0. The Kier molecular flexibility index (Phi) is 4.69. The van der Waals surface area contributed by atoms with E-state index in [1.807, 2.05) is 30.3 Å². The first kappa shape index (κ1) is 16.3. The van der Waals surface area contributed by atoms with E-state index in [1.165, 1.54) is 0 Å². The zero-order chi connectivity index (χ0) is 17.1. The van der Waals surface area contributed by atoms with Gasteiger partial charge in [0.05, 0.1) is 10.0 Å². The van der Waals surface area contributed by atoms with Gasteiger partial charge in [0.1, 0.15) is 6.61 Å². The Morgan fingerprint density at radius 2 is 1.79 bits per heavy atom. The molecule has 2 N–H and O–H groups in total. The van der Waals surface area contributed by atoms with Crippen LogP contribution in [0.1, 0.15) is 16.1 Å². The predicted octanol–water partition coefficient (Wildman–Crippen LogP) is 4.06. The summed E-state index contributed by atoms with van der Waals surface area (Å²) in [6.07, 6.45) is 0. The van der Waals surface area contributed by atoms with E-state index in [1.54, 1.807) is 12.1 Å². The van der Waals surface area contributed by atoms with Crippen LogP contribution in [0.2, 0.25) is 10.0 Å². The van der Waals surface area contributed by atoms with Crippen molar-refractivity contribution in [2.45, 2.75) is 6.61 Å². The van der Waals surface area contributed by atoms with E-state index >= 15 is 0 Å². The summed E-state index contributed by atoms with van der Waals surface area (Å²) in [7, 11) is 0. The average molecular weight is 364 g/mol. The number of carboxylic acids is 1. The molecule has 8 heteroatoms. The van der Waals surface area contributed by atoms with Crippen LogP contribution in [0.15, 0.2) is 42.5 Å². The van der Waals surface area contributed by atoms with Gasteiger partial charge in [0.2, 0.25) is 5.69 Å². The zero-order valence-electron chi connectivity index (χ0n) is 12.2. The summed E-state index contributed by atoms with van der Waals surface area (Å²) in [6, 6.07) is 13.0. The van der Waals surface area contributed by atoms with Crippen LogP contribution >= 0.6 is 23.2 Å². The second kappa shape index (κ2) is 6.90. The molecule has 0 bridgehead atoms. The number of hydrogen-bond acceptors (Lipinski definition) is 4. The quantitative estimate of drug-likeness (QED) is 0.713. The van der Waals surface area contributed by atoms with Gasteiger partial charge < -0.3 is 9.84 Å². The van der Waals surface area contributed by atoms with Gasteiger partial charge in [-0.15, -0.1) is 0 Å². The lowest BCUT2D eigenvalue weighted by molar-refractivity contribution is 0.0685. The maximum absolute atomic E-state index is 10.9. The van der Waals surface area contributed by atoms with E-state index in [0.29, 0.717) is 10.0 Å². The molecule has 0 aliphatic heterocycles. The summed E-state index contributed by atoms with van der Waals surface area (Å²) >= 11 is 11.9. The molecule has 6 nitrogen and oxygen atoms in total. The van der Waals surface area contributed by atoms with Crippen molar-refractivity contribution in [1.82, 2.24) is 15.4 Å². The number of hydrogen-bond donors (Lipinski definition) is 2. The molecule has 1 heterocycles. The smallest absolute Gasteiger partial charge is 0.359 e. The Morgan fingerprint density at radius 1 is 1.08 bits per heavy atom. The molecule has 0 saturated heterocycles. The predicted molar refractivity (Wildman–Crippen MR) is 89.6 cm³/mol. The molecular formula is C16H11Cl2N3O3. The maximum Gasteiger partial charge on any atom is 0.359 e. The SMILES string of the molecule is O=C(O)c1[nH]nnc1OCc1ccc(-c2ccc(Cl)c(Cl)c2)cc1. The highest BCUT2D eigenvalue weighted by molar-refractivity contribution is 6.42. The van der Waals surface area contributed by atoms with Crippen LogP contribution in [0, 0.1) is 0 Å². The fourth-order valence-corrected chi connectivity index (χ4v) is 2.38. The maximum atomic E-state index is 10.9. The highest BCUT2D eigenvalue weighted by Crippen LogP contribution is 2.28. The zero-order valence-corrected chi connectivity index (χ0v) is 13.7. The number of halogens is 2. The van der Waals surface area contributed by atoms with Crippen molar-refractivity contribution in [3.63, 3.8) is 0 Å². The Bertz CT molecular complexity index is 879. The highest BCUT2D eigenvalue weighted by Gasteiger charge is 2.15. The fourth-order valence-electron chi connectivity index (χ4n) is 2.08. The number of aromatic amines is 1. The monoisotopic (exact) mass is 363 g/mol. The van der Waals surface area contributed by atoms with Crippen molar-refractivity contribution in [2.24, 2.45) is 0 Å². The van der Waals surface area contributed by atoms with Crippen molar-refractivity contribution in [3.05, 3.63) is 63.8 Å². The van der Waals surface area contributed by atoms with Crippen molar-refractivity contribution < 1.29 is 14.6 Å². The van der Waals surface area contributed by atoms with Gasteiger partial charge in [0, 0.05) is 0 Å². The summed E-state index contributed by atoms with van der Waals surface area (Å²) in [5.74, 6) is -1.22. The number of benzene rings is 2. The van der Waals surface area contributed by atoms with Crippen molar-refractivity contribution in [1.29, 1.82) is 0 Å². The lowest BCUT2D eigenvalue weighted by Gasteiger charge is -2.07. The van der Waals surface area contributed by atoms with Crippen LogP contribution in [-0.2, 0) is 6.61 Å². The molecule has 0 spiro atoms. The van der Waals surface area contributed by atoms with E-state index in [9.17, 15) is 4.79 Å². The summed E-state index contributed by atoms with van der Waals surface area (Å²) in [4.78, 5) is 10.9. The van der Waals surface area contributed by atoms with E-state index in [0.717, 1.165) is 16.7 Å². The summed E-state index contributed by atoms with van der Waals surface area (Å²) < 4.78 is 5.38. The Labute approximate surface area is 147 Å². The molecule has 0 fully saturated rings. The second-order valence-electron chi connectivity index (χ2n) is 4.91. The average Bonchev–Trinajstić information content (AvgIpc) is 3.05. The van der Waals surface area contributed by atoms with Crippen LogP contribution in [0.5, 0.6) is 5.88 Å². The molecule has 3 rings (SSSR count). The van der Waals surface area contributed by atoms with Gasteiger partial charge in [0.25, 0.3) is 5.88 Å². The third-order valence-electron chi connectivity index (χ3n) is 3.31. The number of nitrogens with one attached hydrogen (secondary N) is 1. The number of ether oxygens (including phenoxy) is 1. The minimum Gasteiger partial charge on any atom is -0.476 e. The van der Waals surface area contributed by atoms with Crippen LogP contribution in [0.4, 0.5) is 0 Å². The lowest BCUT2D eigenvalue weighted by Crippen LogP contribution is -2.03. The molecule has 0 aliphatic carbocycles. The molecule has 0 radical (unpaired) electrons. The third-order valence-corrected chi connectivity index (χ3v) is 4.05. The van der Waals surface area contributed by atoms with Gasteiger partial charge >= 0.3 is 5.97 Å². The largest absolute Gasteiger partial charge is 0.476 e. The topological polar surface area (TPSA) is 88.1 Å². The molecule has 2 aromatic carbocycles. The summed E-state index contributed by atoms with van der Waals surface area (Å²) in [6.45, 7) is 0.175. The first-order valence-electron chi connectivity index (χ1n) is 6.86. The Balaban J connectivity index is 1.71. The van der Waals surface area contributed by atoms with E-state index < -0.39 is 5.97 Å². The van der Waals surface area contributed by atoms with Crippen LogP contribution in [-0.4, -0.2) is 26.5 Å². The molecule has 122 valence electrons.